The lowest BCUT2D eigenvalue weighted by Crippen LogP contribution is -2.39. The van der Waals surface area contributed by atoms with Gasteiger partial charge in [0.05, 0.1) is 0 Å². The molecule has 0 unspecified atom stereocenters. The average molecular weight is 525 g/mol. The van der Waals surface area contributed by atoms with Crippen LogP contribution in [0.15, 0.2) is 58.1 Å². The molecular formula is C29H32N8O2. The zero-order chi connectivity index (χ0) is 26.9. The monoisotopic (exact) mass is 524 g/mol. The lowest BCUT2D eigenvalue weighted by atomic mass is 9.98. The second kappa shape index (κ2) is 10.4. The van der Waals surface area contributed by atoms with Crippen LogP contribution in [-0.2, 0) is 26.6 Å². The first-order valence-corrected chi connectivity index (χ1v) is 13.7. The van der Waals surface area contributed by atoms with Gasteiger partial charge >= 0.3 is 5.69 Å². The molecule has 1 saturated carbocycles. The number of benzene rings is 2. The fraction of sp³-hybridized carbons (Fsp3) is 0.379. The quantitative estimate of drug-likeness (QED) is 0.277. The van der Waals surface area contributed by atoms with Gasteiger partial charge in [-0.1, -0.05) is 68.3 Å². The molecule has 0 amide bonds. The van der Waals surface area contributed by atoms with Crippen LogP contribution in [0, 0.1) is 5.92 Å². The van der Waals surface area contributed by atoms with E-state index in [-0.39, 0.29) is 11.2 Å². The molecule has 1 aliphatic carbocycles. The molecule has 1 aliphatic rings. The van der Waals surface area contributed by atoms with Crippen LogP contribution >= 0.6 is 0 Å². The molecule has 0 saturated heterocycles. The van der Waals surface area contributed by atoms with Crippen LogP contribution in [0.2, 0.25) is 0 Å². The zero-order valence-corrected chi connectivity index (χ0v) is 22.3. The molecule has 0 spiro atoms. The minimum Gasteiger partial charge on any atom is -0.318 e. The summed E-state index contributed by atoms with van der Waals surface area (Å²) in [5.74, 6) is 1.89. The molecule has 6 rings (SSSR count). The third kappa shape index (κ3) is 4.82. The molecular weight excluding hydrogens is 492 g/mol. The van der Waals surface area contributed by atoms with Crippen LogP contribution < -0.4 is 11.2 Å². The van der Waals surface area contributed by atoms with Gasteiger partial charge in [-0.25, -0.2) is 9.78 Å². The van der Waals surface area contributed by atoms with Gasteiger partial charge in [0.1, 0.15) is 5.82 Å². The summed E-state index contributed by atoms with van der Waals surface area (Å²) in [4.78, 5) is 31.4. The molecule has 0 bridgehead atoms. The van der Waals surface area contributed by atoms with Crippen molar-refractivity contribution in [1.29, 1.82) is 0 Å². The molecule has 1 fully saturated rings. The number of aromatic amines is 1. The minimum absolute atomic E-state index is 0.284. The van der Waals surface area contributed by atoms with Crippen LogP contribution in [-0.4, -0.2) is 39.3 Å². The molecule has 0 radical (unpaired) electrons. The van der Waals surface area contributed by atoms with Crippen molar-refractivity contribution in [1.82, 2.24) is 39.3 Å². The first-order valence-electron chi connectivity index (χ1n) is 13.7. The summed E-state index contributed by atoms with van der Waals surface area (Å²) < 4.78 is 4.97. The van der Waals surface area contributed by atoms with Crippen molar-refractivity contribution in [3.63, 3.8) is 0 Å². The number of rotatable bonds is 10. The van der Waals surface area contributed by atoms with Crippen molar-refractivity contribution < 1.29 is 0 Å². The van der Waals surface area contributed by atoms with E-state index >= 15 is 0 Å². The van der Waals surface area contributed by atoms with Gasteiger partial charge in [-0.2, -0.15) is 5.21 Å². The standard InChI is InChI=1S/C29H32N8O2/c1-3-4-5-10-24-30-27-25(28(38)35(2)29(39)37(27)18-19-11-12-19)36(24)17-20-13-15-21(16-14-20)22-8-6-7-9-23(22)26-31-33-34-32-26/h6-9,13-16,19H,3-5,10-12,17-18H2,1-2H3,(H,31,32,33,34). The minimum atomic E-state index is -0.290. The predicted molar refractivity (Wildman–Crippen MR) is 149 cm³/mol. The first-order chi connectivity index (χ1) is 19.0. The summed E-state index contributed by atoms with van der Waals surface area (Å²) in [5, 5.41) is 14.5. The van der Waals surface area contributed by atoms with Crippen molar-refractivity contribution in [2.75, 3.05) is 0 Å². The molecule has 10 nitrogen and oxygen atoms in total. The van der Waals surface area contributed by atoms with Crippen molar-refractivity contribution in [2.45, 2.75) is 58.5 Å². The van der Waals surface area contributed by atoms with Gasteiger partial charge in [-0.15, -0.1) is 10.2 Å². The Morgan fingerprint density at radius 3 is 2.44 bits per heavy atom. The number of H-pyrrole nitrogens is 1. The Hall–Kier alpha value is -4.34. The fourth-order valence-corrected chi connectivity index (χ4v) is 5.20. The molecule has 0 aliphatic heterocycles. The van der Waals surface area contributed by atoms with E-state index in [1.165, 1.54) is 4.57 Å². The lowest BCUT2D eigenvalue weighted by Gasteiger charge is -2.12. The summed E-state index contributed by atoms with van der Waals surface area (Å²) in [7, 11) is 1.57. The highest BCUT2D eigenvalue weighted by atomic mass is 16.2. The summed E-state index contributed by atoms with van der Waals surface area (Å²) in [6.45, 7) is 3.29. The highest BCUT2D eigenvalue weighted by Gasteiger charge is 2.26. The maximum Gasteiger partial charge on any atom is 0.332 e. The number of nitrogens with zero attached hydrogens (tertiary/aromatic N) is 7. The number of aromatic nitrogens is 8. The van der Waals surface area contributed by atoms with Crippen LogP contribution in [0.1, 0.15) is 50.4 Å². The summed E-state index contributed by atoms with van der Waals surface area (Å²) in [5.41, 5.74) is 4.45. The van der Waals surface area contributed by atoms with E-state index < -0.39 is 0 Å². The van der Waals surface area contributed by atoms with E-state index in [1.807, 2.05) is 28.8 Å². The van der Waals surface area contributed by atoms with E-state index in [0.29, 0.717) is 36.0 Å². The highest BCUT2D eigenvalue weighted by Crippen LogP contribution is 2.32. The van der Waals surface area contributed by atoms with E-state index in [9.17, 15) is 9.59 Å². The van der Waals surface area contributed by atoms with Gasteiger partial charge in [0, 0.05) is 32.1 Å². The number of unbranched alkanes of at least 4 members (excludes halogenated alkanes) is 2. The third-order valence-electron chi connectivity index (χ3n) is 7.57. The van der Waals surface area contributed by atoms with Crippen LogP contribution in [0.4, 0.5) is 0 Å². The van der Waals surface area contributed by atoms with Gasteiger partial charge < -0.3 is 4.57 Å². The number of hydrogen-bond donors (Lipinski definition) is 1. The SMILES string of the molecule is CCCCCc1nc2c(c(=O)n(C)c(=O)n2CC2CC2)n1Cc1ccc(-c2ccccc2-c2nn[nH]n2)cc1. The van der Waals surface area contributed by atoms with E-state index in [2.05, 4.69) is 51.8 Å². The van der Waals surface area contributed by atoms with E-state index in [0.717, 1.165) is 66.6 Å². The van der Waals surface area contributed by atoms with Crippen molar-refractivity contribution >= 4 is 11.2 Å². The van der Waals surface area contributed by atoms with E-state index in [4.69, 9.17) is 4.98 Å². The van der Waals surface area contributed by atoms with Gasteiger partial charge in [0.15, 0.2) is 11.2 Å². The van der Waals surface area contributed by atoms with Gasteiger partial charge in [-0.05, 0) is 47.1 Å². The molecule has 200 valence electrons. The van der Waals surface area contributed by atoms with Crippen LogP contribution in [0.3, 0.4) is 0 Å². The lowest BCUT2D eigenvalue weighted by molar-refractivity contribution is 0.576. The molecule has 1 N–H and O–H groups in total. The maximum absolute atomic E-state index is 13.4. The zero-order valence-electron chi connectivity index (χ0n) is 22.3. The summed E-state index contributed by atoms with van der Waals surface area (Å²) in [6, 6.07) is 16.3. The predicted octanol–water partition coefficient (Wildman–Crippen LogP) is 3.93. The summed E-state index contributed by atoms with van der Waals surface area (Å²) in [6.07, 6.45) is 6.16. The second-order valence-corrected chi connectivity index (χ2v) is 10.4. The average Bonchev–Trinajstić information content (AvgIpc) is 3.47. The van der Waals surface area contributed by atoms with E-state index in [1.54, 1.807) is 11.6 Å². The largest absolute Gasteiger partial charge is 0.332 e. The Kier molecular flexibility index (Phi) is 6.68. The molecule has 3 aromatic heterocycles. The van der Waals surface area contributed by atoms with Crippen molar-refractivity contribution in [2.24, 2.45) is 13.0 Å². The third-order valence-corrected chi connectivity index (χ3v) is 7.57. The Balaban J connectivity index is 1.40. The highest BCUT2D eigenvalue weighted by molar-refractivity contribution is 5.80. The van der Waals surface area contributed by atoms with Crippen LogP contribution in [0.5, 0.6) is 0 Å². The molecule has 3 heterocycles. The molecule has 39 heavy (non-hydrogen) atoms. The number of hydrogen-bond acceptors (Lipinski definition) is 6. The Bertz CT molecular complexity index is 1720. The smallest absolute Gasteiger partial charge is 0.318 e. The number of fused-ring (bicyclic) bond motifs is 1. The molecule has 5 aromatic rings. The fourth-order valence-electron chi connectivity index (χ4n) is 5.20. The van der Waals surface area contributed by atoms with Gasteiger partial charge in [-0.3, -0.25) is 13.9 Å². The number of tetrazole rings is 1. The summed E-state index contributed by atoms with van der Waals surface area (Å²) >= 11 is 0. The normalized spacial score (nSPS) is 13.4. The van der Waals surface area contributed by atoms with Crippen LogP contribution in [0.25, 0.3) is 33.7 Å². The van der Waals surface area contributed by atoms with Crippen molar-refractivity contribution in [3.8, 4) is 22.5 Å². The van der Waals surface area contributed by atoms with Crippen molar-refractivity contribution in [3.05, 3.63) is 80.8 Å². The molecule has 2 aromatic carbocycles. The Morgan fingerprint density at radius 1 is 0.974 bits per heavy atom. The van der Waals surface area contributed by atoms with Gasteiger partial charge in [0.2, 0.25) is 5.82 Å². The van der Waals surface area contributed by atoms with Gasteiger partial charge in [0.25, 0.3) is 5.56 Å². The number of aryl methyl sites for hydroxylation is 1. The number of nitrogens with one attached hydrogen (secondary N) is 1. The molecule has 0 atom stereocenters. The Labute approximate surface area is 225 Å². The Morgan fingerprint density at radius 2 is 1.74 bits per heavy atom. The molecule has 10 heteroatoms. The topological polar surface area (TPSA) is 116 Å². The number of imidazole rings is 1. The maximum atomic E-state index is 13.4. The second-order valence-electron chi connectivity index (χ2n) is 10.4. The first kappa shape index (κ1) is 25.0.